The maximum absolute atomic E-state index is 5.60. The molecule has 1 aromatic rings. The van der Waals surface area contributed by atoms with Crippen LogP contribution in [0.5, 0.6) is 0 Å². The average molecular weight is 230 g/mol. The molecular formula is C9H18N4OS. The molecule has 0 spiro atoms. The normalized spacial score (nSPS) is 14.9. The van der Waals surface area contributed by atoms with E-state index in [1.807, 2.05) is 18.7 Å². The first kappa shape index (κ1) is 12.3. The Morgan fingerprint density at radius 2 is 2.20 bits per heavy atom. The van der Waals surface area contributed by atoms with E-state index in [-0.39, 0.29) is 6.04 Å². The molecule has 0 radical (unpaired) electrons. The fourth-order valence-corrected chi connectivity index (χ4v) is 1.34. The molecule has 6 heteroatoms. The summed E-state index contributed by atoms with van der Waals surface area (Å²) < 4.78 is 5.30. The molecule has 0 saturated carbocycles. The summed E-state index contributed by atoms with van der Waals surface area (Å²) in [5, 5.41) is 11.4. The van der Waals surface area contributed by atoms with Crippen molar-refractivity contribution in [1.29, 1.82) is 0 Å². The maximum atomic E-state index is 5.60. The molecule has 5 nitrogen and oxygen atoms in total. The molecule has 0 aromatic carbocycles. The van der Waals surface area contributed by atoms with Crippen LogP contribution < -0.4 is 11.1 Å². The van der Waals surface area contributed by atoms with Crippen LogP contribution in [-0.4, -0.2) is 28.2 Å². The summed E-state index contributed by atoms with van der Waals surface area (Å²) >= 11 is 1.84. The number of anilines is 1. The Morgan fingerprint density at radius 1 is 1.47 bits per heavy atom. The van der Waals surface area contributed by atoms with E-state index in [0.717, 1.165) is 13.0 Å². The highest BCUT2D eigenvalue weighted by Crippen LogP contribution is 2.13. The highest BCUT2D eigenvalue weighted by Gasteiger charge is 2.09. The van der Waals surface area contributed by atoms with Crippen molar-refractivity contribution in [2.45, 2.75) is 31.6 Å². The van der Waals surface area contributed by atoms with Gasteiger partial charge in [-0.25, -0.2) is 0 Å². The molecule has 0 bridgehead atoms. The second kappa shape index (κ2) is 5.97. The third-order valence-corrected chi connectivity index (χ3v) is 3.10. The van der Waals surface area contributed by atoms with Crippen LogP contribution in [0.1, 0.15) is 32.2 Å². The van der Waals surface area contributed by atoms with E-state index >= 15 is 0 Å². The van der Waals surface area contributed by atoms with Gasteiger partial charge in [0.1, 0.15) is 0 Å². The van der Waals surface area contributed by atoms with Crippen LogP contribution in [0.3, 0.4) is 0 Å². The first-order valence-corrected chi connectivity index (χ1v) is 6.28. The minimum absolute atomic E-state index is 0.210. The molecular weight excluding hydrogens is 212 g/mol. The fourth-order valence-electron chi connectivity index (χ4n) is 0.990. The molecule has 0 saturated heterocycles. The van der Waals surface area contributed by atoms with E-state index in [4.69, 9.17) is 10.2 Å². The van der Waals surface area contributed by atoms with Crippen LogP contribution >= 0.6 is 11.8 Å². The van der Waals surface area contributed by atoms with Gasteiger partial charge in [0, 0.05) is 11.8 Å². The molecule has 2 unspecified atom stereocenters. The lowest BCUT2D eigenvalue weighted by Crippen LogP contribution is -2.07. The minimum atomic E-state index is -0.210. The van der Waals surface area contributed by atoms with Gasteiger partial charge >= 0.3 is 6.01 Å². The Balaban J connectivity index is 2.31. The zero-order chi connectivity index (χ0) is 11.3. The highest BCUT2D eigenvalue weighted by atomic mass is 32.2. The summed E-state index contributed by atoms with van der Waals surface area (Å²) in [5.74, 6) is 0.468. The fraction of sp³-hybridized carbons (Fsp3) is 0.778. The van der Waals surface area contributed by atoms with Gasteiger partial charge in [0.05, 0.1) is 6.04 Å². The number of hydrogen-bond acceptors (Lipinski definition) is 6. The third-order valence-electron chi connectivity index (χ3n) is 2.06. The zero-order valence-electron chi connectivity index (χ0n) is 9.36. The summed E-state index contributed by atoms with van der Waals surface area (Å²) in [4.78, 5) is 0. The Hall–Kier alpha value is -0.750. The molecule has 1 heterocycles. The molecule has 1 aromatic heterocycles. The van der Waals surface area contributed by atoms with Crippen LogP contribution in [0.2, 0.25) is 0 Å². The van der Waals surface area contributed by atoms with Crippen molar-refractivity contribution >= 4 is 17.8 Å². The van der Waals surface area contributed by atoms with Gasteiger partial charge in [0.15, 0.2) is 0 Å². The molecule has 0 fully saturated rings. The SMILES string of the molecule is CSC(C)CCNc1nnc(C(C)N)o1. The van der Waals surface area contributed by atoms with Gasteiger partial charge in [-0.2, -0.15) is 11.8 Å². The Kier molecular flexibility index (Phi) is 4.90. The van der Waals surface area contributed by atoms with Crippen LogP contribution in [0, 0.1) is 0 Å². The van der Waals surface area contributed by atoms with Crippen molar-refractivity contribution in [3.8, 4) is 0 Å². The van der Waals surface area contributed by atoms with Crippen LogP contribution in [-0.2, 0) is 0 Å². The number of rotatable bonds is 6. The second-order valence-electron chi connectivity index (χ2n) is 3.50. The lowest BCUT2D eigenvalue weighted by atomic mass is 10.3. The van der Waals surface area contributed by atoms with Gasteiger partial charge in [-0.15, -0.1) is 5.10 Å². The summed E-state index contributed by atoms with van der Waals surface area (Å²) in [5.41, 5.74) is 5.60. The molecule has 0 aliphatic carbocycles. The van der Waals surface area contributed by atoms with Gasteiger partial charge < -0.3 is 15.5 Å². The standard InChI is InChI=1S/C9H18N4OS/c1-6(15-3)4-5-11-9-13-12-8(14-9)7(2)10/h6-7H,4-5,10H2,1-3H3,(H,11,13). The van der Waals surface area contributed by atoms with Crippen molar-refractivity contribution in [1.82, 2.24) is 10.2 Å². The summed E-state index contributed by atoms with van der Waals surface area (Å²) in [6.07, 6.45) is 3.17. The smallest absolute Gasteiger partial charge is 0.315 e. The number of nitrogens with two attached hydrogens (primary N) is 1. The molecule has 0 aliphatic rings. The predicted octanol–water partition coefficient (Wildman–Crippen LogP) is 1.64. The summed E-state index contributed by atoms with van der Waals surface area (Å²) in [7, 11) is 0. The highest BCUT2D eigenvalue weighted by molar-refractivity contribution is 7.99. The van der Waals surface area contributed by atoms with Gasteiger partial charge in [-0.05, 0) is 19.6 Å². The van der Waals surface area contributed by atoms with E-state index < -0.39 is 0 Å². The van der Waals surface area contributed by atoms with Crippen LogP contribution in [0.4, 0.5) is 6.01 Å². The van der Waals surface area contributed by atoms with E-state index in [1.165, 1.54) is 0 Å². The number of hydrogen-bond donors (Lipinski definition) is 2. The zero-order valence-corrected chi connectivity index (χ0v) is 10.2. The van der Waals surface area contributed by atoms with E-state index in [2.05, 4.69) is 28.7 Å². The van der Waals surface area contributed by atoms with E-state index in [0.29, 0.717) is 17.2 Å². The maximum Gasteiger partial charge on any atom is 0.315 e. The van der Waals surface area contributed by atoms with Gasteiger partial charge in [-0.3, -0.25) is 0 Å². The Labute approximate surface area is 94.2 Å². The molecule has 0 aliphatic heterocycles. The summed E-state index contributed by atoms with van der Waals surface area (Å²) in [6.45, 7) is 4.84. The van der Waals surface area contributed by atoms with Crippen molar-refractivity contribution in [3.05, 3.63) is 5.89 Å². The first-order valence-electron chi connectivity index (χ1n) is 4.99. The largest absolute Gasteiger partial charge is 0.406 e. The Bertz CT molecular complexity index is 289. The average Bonchev–Trinajstić information content (AvgIpc) is 2.66. The van der Waals surface area contributed by atoms with Crippen molar-refractivity contribution < 1.29 is 4.42 Å². The molecule has 1 rings (SSSR count). The van der Waals surface area contributed by atoms with Gasteiger partial charge in [0.2, 0.25) is 5.89 Å². The molecule has 86 valence electrons. The number of thioether (sulfide) groups is 1. The quantitative estimate of drug-likeness (QED) is 0.773. The molecule has 0 amide bonds. The second-order valence-corrected chi connectivity index (χ2v) is 4.77. The van der Waals surface area contributed by atoms with Crippen LogP contribution in [0.15, 0.2) is 4.42 Å². The minimum Gasteiger partial charge on any atom is -0.406 e. The topological polar surface area (TPSA) is 77.0 Å². The van der Waals surface area contributed by atoms with Crippen molar-refractivity contribution in [2.24, 2.45) is 5.73 Å². The number of nitrogens with one attached hydrogen (secondary N) is 1. The number of aromatic nitrogens is 2. The summed E-state index contributed by atoms with van der Waals surface area (Å²) in [6, 6.07) is 0.244. The number of nitrogens with zero attached hydrogens (tertiary/aromatic N) is 2. The lowest BCUT2D eigenvalue weighted by Gasteiger charge is -2.06. The third kappa shape index (κ3) is 4.09. The van der Waals surface area contributed by atoms with E-state index in [9.17, 15) is 0 Å². The first-order chi connectivity index (χ1) is 7.13. The van der Waals surface area contributed by atoms with E-state index in [1.54, 1.807) is 0 Å². The predicted molar refractivity (Wildman–Crippen MR) is 63.0 cm³/mol. The van der Waals surface area contributed by atoms with Crippen molar-refractivity contribution in [2.75, 3.05) is 18.1 Å². The monoisotopic (exact) mass is 230 g/mol. The van der Waals surface area contributed by atoms with Gasteiger partial charge in [-0.1, -0.05) is 12.0 Å². The lowest BCUT2D eigenvalue weighted by molar-refractivity contribution is 0.472. The van der Waals surface area contributed by atoms with Crippen LogP contribution in [0.25, 0.3) is 0 Å². The van der Waals surface area contributed by atoms with Gasteiger partial charge in [0.25, 0.3) is 0 Å². The molecule has 3 N–H and O–H groups in total. The van der Waals surface area contributed by atoms with Crippen molar-refractivity contribution in [3.63, 3.8) is 0 Å². The molecule has 2 atom stereocenters. The Morgan fingerprint density at radius 3 is 2.73 bits per heavy atom. The molecule has 15 heavy (non-hydrogen) atoms.